The van der Waals surface area contributed by atoms with Crippen LogP contribution in [0.4, 0.5) is 0 Å². The van der Waals surface area contributed by atoms with E-state index in [-0.39, 0.29) is 12.0 Å². The maximum Gasteiger partial charge on any atom is 0.253 e. The summed E-state index contributed by atoms with van der Waals surface area (Å²) in [5.74, 6) is 1.32. The monoisotopic (exact) mass is 351 g/mol. The molecule has 2 aromatic carbocycles. The van der Waals surface area contributed by atoms with E-state index < -0.39 is 0 Å². The number of rotatable bonds is 4. The van der Waals surface area contributed by atoms with Crippen molar-refractivity contribution in [2.45, 2.75) is 6.10 Å². The second-order valence-corrected chi connectivity index (χ2v) is 5.99. The quantitative estimate of drug-likeness (QED) is 0.710. The average Bonchev–Trinajstić information content (AvgIpc) is 3.22. The summed E-state index contributed by atoms with van der Waals surface area (Å²) >= 11 is 0. The lowest BCUT2D eigenvalue weighted by molar-refractivity contribution is 0.0521. The molecular formula is C18H17N5O3. The van der Waals surface area contributed by atoms with Crippen molar-refractivity contribution < 1.29 is 14.3 Å². The molecule has 0 bridgehead atoms. The van der Waals surface area contributed by atoms with Crippen molar-refractivity contribution in [2.75, 3.05) is 20.2 Å². The van der Waals surface area contributed by atoms with E-state index in [0.717, 1.165) is 11.4 Å². The van der Waals surface area contributed by atoms with Gasteiger partial charge in [-0.05, 0) is 40.8 Å². The molecule has 3 aromatic rings. The van der Waals surface area contributed by atoms with Crippen molar-refractivity contribution in [1.29, 1.82) is 0 Å². The molecule has 2 heterocycles. The molecule has 1 aromatic heterocycles. The van der Waals surface area contributed by atoms with Crippen LogP contribution in [0.5, 0.6) is 11.5 Å². The van der Waals surface area contributed by atoms with Crippen LogP contribution in [0.25, 0.3) is 5.69 Å². The predicted molar refractivity (Wildman–Crippen MR) is 92.5 cm³/mol. The molecule has 1 atom stereocenters. The van der Waals surface area contributed by atoms with E-state index in [2.05, 4.69) is 15.5 Å². The van der Waals surface area contributed by atoms with Gasteiger partial charge in [0.05, 0.1) is 12.2 Å². The smallest absolute Gasteiger partial charge is 0.253 e. The van der Waals surface area contributed by atoms with E-state index in [1.807, 2.05) is 30.3 Å². The van der Waals surface area contributed by atoms with Gasteiger partial charge in [-0.15, -0.1) is 5.10 Å². The van der Waals surface area contributed by atoms with E-state index in [9.17, 15) is 4.79 Å². The molecule has 0 N–H and O–H groups in total. The first-order valence-corrected chi connectivity index (χ1v) is 8.18. The molecule has 8 nitrogen and oxygen atoms in total. The zero-order chi connectivity index (χ0) is 17.9. The zero-order valence-corrected chi connectivity index (χ0v) is 14.1. The Morgan fingerprint density at radius 2 is 2.08 bits per heavy atom. The lowest BCUT2D eigenvalue weighted by Gasteiger charge is -2.29. The Morgan fingerprint density at radius 3 is 2.88 bits per heavy atom. The fraction of sp³-hybridized carbons (Fsp3) is 0.222. The Hall–Kier alpha value is -3.42. The maximum absolute atomic E-state index is 12.8. The summed E-state index contributed by atoms with van der Waals surface area (Å²) in [5.41, 5.74) is 1.28. The zero-order valence-electron chi connectivity index (χ0n) is 14.1. The largest absolute Gasteiger partial charge is 0.486 e. The lowest BCUT2D eigenvalue weighted by atomic mass is 10.1. The number of ether oxygens (including phenoxy) is 2. The third-order valence-corrected chi connectivity index (χ3v) is 4.10. The van der Waals surface area contributed by atoms with Crippen molar-refractivity contribution in [1.82, 2.24) is 25.1 Å². The Balaban J connectivity index is 1.45. The van der Waals surface area contributed by atoms with Crippen LogP contribution >= 0.6 is 0 Å². The summed E-state index contributed by atoms with van der Waals surface area (Å²) in [4.78, 5) is 14.4. The molecular weight excluding hydrogens is 334 g/mol. The van der Waals surface area contributed by atoms with Gasteiger partial charge in [-0.25, -0.2) is 4.68 Å². The summed E-state index contributed by atoms with van der Waals surface area (Å²) in [5, 5.41) is 11.1. The van der Waals surface area contributed by atoms with Gasteiger partial charge in [-0.1, -0.05) is 18.2 Å². The molecule has 1 unspecified atom stereocenters. The molecule has 4 rings (SSSR count). The summed E-state index contributed by atoms with van der Waals surface area (Å²) in [7, 11) is 1.75. The molecule has 1 aliphatic rings. The number of hydrogen-bond donors (Lipinski definition) is 0. The van der Waals surface area contributed by atoms with Gasteiger partial charge in [0.15, 0.2) is 17.6 Å². The molecule has 8 heteroatoms. The van der Waals surface area contributed by atoms with Gasteiger partial charge in [-0.3, -0.25) is 4.79 Å². The molecule has 0 aliphatic carbocycles. The minimum Gasteiger partial charge on any atom is -0.486 e. The Bertz CT molecular complexity index is 913. The lowest BCUT2D eigenvalue weighted by Crippen LogP contribution is -2.41. The molecule has 0 saturated heterocycles. The highest BCUT2D eigenvalue weighted by molar-refractivity contribution is 5.94. The number of nitrogens with zero attached hydrogens (tertiary/aromatic N) is 5. The average molecular weight is 351 g/mol. The van der Waals surface area contributed by atoms with E-state index >= 15 is 0 Å². The minimum atomic E-state index is -0.221. The summed E-state index contributed by atoms with van der Waals surface area (Å²) in [6.45, 7) is 0.821. The van der Waals surface area contributed by atoms with Crippen LogP contribution in [0.2, 0.25) is 0 Å². The van der Waals surface area contributed by atoms with Gasteiger partial charge < -0.3 is 14.4 Å². The molecule has 0 spiro atoms. The third-order valence-electron chi connectivity index (χ3n) is 4.10. The van der Waals surface area contributed by atoms with Crippen LogP contribution in [0.1, 0.15) is 10.4 Å². The van der Waals surface area contributed by atoms with Crippen molar-refractivity contribution in [2.24, 2.45) is 0 Å². The number of benzene rings is 2. The number of likely N-dealkylation sites (N-methyl/N-ethyl adjacent to an activating group) is 1. The molecule has 0 fully saturated rings. The van der Waals surface area contributed by atoms with Gasteiger partial charge in [-0.2, -0.15) is 0 Å². The van der Waals surface area contributed by atoms with Gasteiger partial charge >= 0.3 is 0 Å². The van der Waals surface area contributed by atoms with Gasteiger partial charge in [0.25, 0.3) is 5.91 Å². The summed E-state index contributed by atoms with van der Waals surface area (Å²) < 4.78 is 13.1. The van der Waals surface area contributed by atoms with Crippen molar-refractivity contribution in [3.63, 3.8) is 0 Å². The third kappa shape index (κ3) is 3.21. The van der Waals surface area contributed by atoms with Crippen LogP contribution < -0.4 is 9.47 Å². The number of carbonyl (C=O) groups excluding carboxylic acids is 1. The standard InChI is InChI=1S/C18H17N5O3/c1-22(10-15-11-25-16-7-2-3-8-17(16)26-15)18(24)13-5-4-6-14(9-13)23-12-19-20-21-23/h2-9,12,15H,10-11H2,1H3. The molecule has 1 aliphatic heterocycles. The van der Waals surface area contributed by atoms with Gasteiger partial charge in [0, 0.05) is 12.6 Å². The maximum atomic E-state index is 12.8. The number of fused-ring (bicyclic) bond motifs is 1. The predicted octanol–water partition coefficient (Wildman–Crippen LogP) is 1.57. The van der Waals surface area contributed by atoms with Crippen LogP contribution in [-0.4, -0.2) is 57.3 Å². The first-order valence-electron chi connectivity index (χ1n) is 8.18. The van der Waals surface area contributed by atoms with E-state index in [4.69, 9.17) is 9.47 Å². The summed E-state index contributed by atoms with van der Waals surface area (Å²) in [6, 6.07) is 14.7. The Labute approximate surface area is 149 Å². The van der Waals surface area contributed by atoms with Crippen LogP contribution in [0, 0.1) is 0 Å². The van der Waals surface area contributed by atoms with Crippen LogP contribution in [-0.2, 0) is 0 Å². The molecule has 0 saturated carbocycles. The van der Waals surface area contributed by atoms with Gasteiger partial charge in [0.2, 0.25) is 0 Å². The molecule has 0 radical (unpaired) electrons. The molecule has 132 valence electrons. The topological polar surface area (TPSA) is 82.4 Å². The van der Waals surface area contributed by atoms with Crippen molar-refractivity contribution in [3.8, 4) is 17.2 Å². The van der Waals surface area contributed by atoms with E-state index in [1.165, 1.54) is 11.0 Å². The van der Waals surface area contributed by atoms with E-state index in [1.54, 1.807) is 30.1 Å². The van der Waals surface area contributed by atoms with Crippen LogP contribution in [0.15, 0.2) is 54.9 Å². The SMILES string of the molecule is CN(CC1COc2ccccc2O1)C(=O)c1cccc(-n2cnnn2)c1. The van der Waals surface area contributed by atoms with Gasteiger partial charge in [0.1, 0.15) is 12.9 Å². The first-order chi connectivity index (χ1) is 12.7. The number of aromatic nitrogens is 4. The molecule has 1 amide bonds. The minimum absolute atomic E-state index is 0.109. The van der Waals surface area contributed by atoms with Crippen LogP contribution in [0.3, 0.4) is 0 Å². The van der Waals surface area contributed by atoms with Crippen molar-refractivity contribution in [3.05, 3.63) is 60.4 Å². The number of hydrogen-bond acceptors (Lipinski definition) is 6. The van der Waals surface area contributed by atoms with E-state index in [0.29, 0.717) is 24.5 Å². The fourth-order valence-electron chi connectivity index (χ4n) is 2.82. The molecule has 26 heavy (non-hydrogen) atoms. The number of para-hydroxylation sites is 2. The normalized spacial score (nSPS) is 15.5. The number of tetrazole rings is 1. The summed E-state index contributed by atoms with van der Waals surface area (Å²) in [6.07, 6.45) is 1.26. The second kappa shape index (κ2) is 6.83. The Kier molecular flexibility index (Phi) is 4.22. The highest BCUT2D eigenvalue weighted by atomic mass is 16.6. The second-order valence-electron chi connectivity index (χ2n) is 5.99. The highest BCUT2D eigenvalue weighted by Gasteiger charge is 2.24. The first kappa shape index (κ1) is 16.1. The highest BCUT2D eigenvalue weighted by Crippen LogP contribution is 2.31. The number of carbonyl (C=O) groups is 1. The number of amides is 1. The van der Waals surface area contributed by atoms with Crippen molar-refractivity contribution >= 4 is 5.91 Å². The Morgan fingerprint density at radius 1 is 1.23 bits per heavy atom. The fourth-order valence-corrected chi connectivity index (χ4v) is 2.82.